The third-order valence-electron chi connectivity index (χ3n) is 5.65. The SMILES string of the molecule is CC1OC(c2cccc(O)c2O)=NC1C(=O)NC(N)=NS(=O)(=O)c1ccc(NC(=O)c2cccc(O)c2O)cc1. The molecule has 0 saturated carbocycles. The van der Waals surface area contributed by atoms with Gasteiger partial charge in [-0.25, -0.2) is 4.99 Å². The highest BCUT2D eigenvalue weighted by molar-refractivity contribution is 7.90. The van der Waals surface area contributed by atoms with Crippen molar-refractivity contribution < 1.29 is 43.2 Å². The van der Waals surface area contributed by atoms with Gasteiger partial charge < -0.3 is 36.2 Å². The maximum absolute atomic E-state index is 12.7. The summed E-state index contributed by atoms with van der Waals surface area (Å²) in [4.78, 5) is 28.8. The Labute approximate surface area is 227 Å². The van der Waals surface area contributed by atoms with Crippen molar-refractivity contribution in [1.29, 1.82) is 0 Å². The Hall–Kier alpha value is -5.31. The number of carbonyl (C=O) groups excluding carboxylic acids is 2. The molecule has 1 aliphatic rings. The Bertz CT molecular complexity index is 1650. The van der Waals surface area contributed by atoms with Crippen LogP contribution in [0.15, 0.2) is 74.9 Å². The van der Waals surface area contributed by atoms with Crippen molar-refractivity contribution in [2.45, 2.75) is 24.0 Å². The number of guanidine groups is 1. The molecule has 3 aromatic rings. The lowest BCUT2D eigenvalue weighted by atomic mass is 10.1. The monoisotopic (exact) mass is 569 g/mol. The second-order valence-electron chi connectivity index (χ2n) is 8.47. The van der Waals surface area contributed by atoms with Crippen LogP contribution >= 0.6 is 0 Å². The number of aliphatic imine (C=N–C) groups is 1. The van der Waals surface area contributed by atoms with Gasteiger partial charge in [-0.3, -0.25) is 14.9 Å². The van der Waals surface area contributed by atoms with Crippen molar-refractivity contribution in [3.05, 3.63) is 71.8 Å². The molecule has 15 heteroatoms. The number of rotatable bonds is 6. The molecule has 0 fully saturated rings. The van der Waals surface area contributed by atoms with Crippen molar-refractivity contribution in [2.24, 2.45) is 15.1 Å². The number of para-hydroxylation sites is 2. The van der Waals surface area contributed by atoms with E-state index in [2.05, 4.69) is 20.0 Å². The van der Waals surface area contributed by atoms with E-state index in [4.69, 9.17) is 10.5 Å². The molecular weight excluding hydrogens is 546 g/mol. The molecule has 2 atom stereocenters. The second-order valence-corrected chi connectivity index (χ2v) is 10.1. The van der Waals surface area contributed by atoms with Crippen molar-refractivity contribution >= 4 is 39.4 Å². The molecule has 8 N–H and O–H groups in total. The normalized spacial score (nSPS) is 17.0. The van der Waals surface area contributed by atoms with Crippen molar-refractivity contribution in [3.63, 3.8) is 0 Å². The highest BCUT2D eigenvalue weighted by Crippen LogP contribution is 2.32. The summed E-state index contributed by atoms with van der Waals surface area (Å²) in [5.41, 5.74) is 5.71. The van der Waals surface area contributed by atoms with E-state index in [0.29, 0.717) is 0 Å². The Kier molecular flexibility index (Phi) is 7.50. The summed E-state index contributed by atoms with van der Waals surface area (Å²) in [6.45, 7) is 1.52. The van der Waals surface area contributed by atoms with E-state index in [1.807, 2.05) is 0 Å². The minimum Gasteiger partial charge on any atom is -0.504 e. The van der Waals surface area contributed by atoms with Crippen LogP contribution in [0.25, 0.3) is 0 Å². The summed E-state index contributed by atoms with van der Waals surface area (Å²) >= 11 is 0. The van der Waals surface area contributed by atoms with E-state index in [1.165, 1.54) is 55.5 Å². The van der Waals surface area contributed by atoms with Crippen LogP contribution in [0.3, 0.4) is 0 Å². The number of phenols is 4. The fourth-order valence-electron chi connectivity index (χ4n) is 3.64. The van der Waals surface area contributed by atoms with Gasteiger partial charge in [0.05, 0.1) is 16.0 Å². The van der Waals surface area contributed by atoms with Crippen LogP contribution in [0.1, 0.15) is 22.8 Å². The first-order valence-electron chi connectivity index (χ1n) is 11.5. The predicted molar refractivity (Wildman–Crippen MR) is 142 cm³/mol. The van der Waals surface area contributed by atoms with E-state index < -0.39 is 62.9 Å². The average molecular weight is 570 g/mol. The first-order chi connectivity index (χ1) is 18.9. The maximum Gasteiger partial charge on any atom is 0.285 e. The molecule has 2 amide bonds. The maximum atomic E-state index is 12.7. The van der Waals surface area contributed by atoms with E-state index in [0.717, 1.165) is 12.1 Å². The first kappa shape index (κ1) is 27.7. The Morgan fingerprint density at radius 1 is 0.950 bits per heavy atom. The smallest absolute Gasteiger partial charge is 0.285 e. The predicted octanol–water partition coefficient (Wildman–Crippen LogP) is 1.11. The molecule has 1 aliphatic heterocycles. The molecule has 40 heavy (non-hydrogen) atoms. The van der Waals surface area contributed by atoms with Crippen LogP contribution in [0, 0.1) is 0 Å². The topological polar surface area (TPSA) is 233 Å². The largest absolute Gasteiger partial charge is 0.504 e. The van der Waals surface area contributed by atoms with Gasteiger partial charge in [-0.05, 0) is 55.5 Å². The molecule has 0 aliphatic carbocycles. The second kappa shape index (κ2) is 10.8. The minimum atomic E-state index is -4.38. The summed E-state index contributed by atoms with van der Waals surface area (Å²) in [6.07, 6.45) is -0.814. The van der Waals surface area contributed by atoms with E-state index in [1.54, 1.807) is 0 Å². The van der Waals surface area contributed by atoms with E-state index in [9.17, 15) is 38.4 Å². The van der Waals surface area contributed by atoms with Gasteiger partial charge in [-0.15, -0.1) is 4.40 Å². The number of nitrogens with two attached hydrogens (primary N) is 1. The van der Waals surface area contributed by atoms with Gasteiger partial charge in [0.25, 0.3) is 21.8 Å². The van der Waals surface area contributed by atoms with E-state index in [-0.39, 0.29) is 27.6 Å². The standard InChI is InChI=1S/C25H23N5O9S/c1-12-19(28-24(39-12)16-5-3-7-18(32)21(16)34)23(36)29-25(26)30-40(37,38)14-10-8-13(9-11-14)27-22(35)15-4-2-6-17(31)20(15)33/h2-12,19,31-34H,1H3,(H,27,35)(H3,26,29,30,36). The van der Waals surface area contributed by atoms with Crippen LogP contribution in [-0.2, 0) is 19.6 Å². The lowest BCUT2D eigenvalue weighted by Crippen LogP contribution is -2.45. The van der Waals surface area contributed by atoms with Crippen LogP contribution in [-0.4, -0.2) is 64.7 Å². The molecule has 1 heterocycles. The number of phenolic OH excluding ortho intramolecular Hbond substituents is 4. The summed E-state index contributed by atoms with van der Waals surface area (Å²) in [6, 6.07) is 11.6. The number of ether oxygens (including phenoxy) is 1. The van der Waals surface area contributed by atoms with Gasteiger partial charge in [-0.2, -0.15) is 8.42 Å². The zero-order chi connectivity index (χ0) is 29.2. The summed E-state index contributed by atoms with van der Waals surface area (Å²) in [7, 11) is -4.38. The van der Waals surface area contributed by atoms with Gasteiger partial charge in [0.2, 0.25) is 11.9 Å². The fourth-order valence-corrected chi connectivity index (χ4v) is 4.53. The highest BCUT2D eigenvalue weighted by Gasteiger charge is 2.35. The summed E-state index contributed by atoms with van der Waals surface area (Å²) in [5, 5.41) is 43.7. The van der Waals surface area contributed by atoms with Crippen molar-refractivity contribution in [2.75, 3.05) is 5.32 Å². The molecule has 0 aromatic heterocycles. The van der Waals surface area contributed by atoms with E-state index >= 15 is 0 Å². The number of nitrogens with zero attached hydrogens (tertiary/aromatic N) is 2. The third kappa shape index (κ3) is 5.73. The quantitative estimate of drug-likeness (QED) is 0.127. The summed E-state index contributed by atoms with van der Waals surface area (Å²) in [5.74, 6) is -4.38. The van der Waals surface area contributed by atoms with Crippen molar-refractivity contribution in [1.82, 2.24) is 5.32 Å². The average Bonchev–Trinajstić information content (AvgIpc) is 3.28. The number of amides is 2. The van der Waals surface area contributed by atoms with Gasteiger partial charge in [0, 0.05) is 5.69 Å². The minimum absolute atomic E-state index is 0.0599. The fraction of sp³-hybridized carbons (Fsp3) is 0.120. The van der Waals surface area contributed by atoms with Crippen LogP contribution in [0.2, 0.25) is 0 Å². The molecule has 3 aromatic carbocycles. The molecule has 2 unspecified atom stereocenters. The number of benzene rings is 3. The molecular formula is C25H23N5O9S. The first-order valence-corrected chi connectivity index (χ1v) is 12.9. The number of sulfonamides is 1. The number of anilines is 1. The van der Waals surface area contributed by atoms with Gasteiger partial charge in [0.15, 0.2) is 29.0 Å². The zero-order valence-electron chi connectivity index (χ0n) is 20.6. The molecule has 208 valence electrons. The lowest BCUT2D eigenvalue weighted by Gasteiger charge is -2.12. The Morgan fingerprint density at radius 2 is 1.57 bits per heavy atom. The van der Waals surface area contributed by atoms with Crippen LogP contribution in [0.5, 0.6) is 23.0 Å². The molecule has 0 radical (unpaired) electrons. The van der Waals surface area contributed by atoms with Gasteiger partial charge in [-0.1, -0.05) is 12.1 Å². The number of hydrogen-bond donors (Lipinski definition) is 7. The number of carbonyl (C=O) groups is 2. The number of hydrogen-bond acceptors (Lipinski definition) is 10. The third-order valence-corrected chi connectivity index (χ3v) is 6.96. The van der Waals surface area contributed by atoms with Crippen molar-refractivity contribution in [3.8, 4) is 23.0 Å². The Morgan fingerprint density at radius 3 is 2.25 bits per heavy atom. The van der Waals surface area contributed by atoms with Crippen LogP contribution in [0.4, 0.5) is 5.69 Å². The lowest BCUT2D eigenvalue weighted by molar-refractivity contribution is -0.122. The molecule has 0 bridgehead atoms. The van der Waals surface area contributed by atoms with Crippen LogP contribution < -0.4 is 16.4 Å². The number of nitrogens with one attached hydrogen (secondary N) is 2. The Balaban J connectivity index is 1.44. The molecule has 14 nitrogen and oxygen atoms in total. The molecule has 4 rings (SSSR count). The molecule has 0 spiro atoms. The van der Waals surface area contributed by atoms with Gasteiger partial charge >= 0.3 is 0 Å². The molecule has 0 saturated heterocycles. The number of aromatic hydroxyl groups is 4. The highest BCUT2D eigenvalue weighted by atomic mass is 32.2. The summed E-state index contributed by atoms with van der Waals surface area (Å²) < 4.78 is 34.3. The zero-order valence-corrected chi connectivity index (χ0v) is 21.5. The van der Waals surface area contributed by atoms with Gasteiger partial charge in [0.1, 0.15) is 6.10 Å².